The molecule has 0 spiro atoms. The van der Waals surface area contributed by atoms with Crippen LogP contribution in [0.25, 0.3) is 0 Å². The van der Waals surface area contributed by atoms with Gasteiger partial charge in [-0.1, -0.05) is 13.8 Å². The first kappa shape index (κ1) is 28.6. The van der Waals surface area contributed by atoms with Gasteiger partial charge in [0.2, 0.25) is 17.7 Å². The summed E-state index contributed by atoms with van der Waals surface area (Å²) in [5, 5.41) is 26.8. The van der Waals surface area contributed by atoms with E-state index >= 15 is 0 Å². The highest BCUT2D eigenvalue weighted by atomic mass is 16.6. The number of carbonyl (C=O) groups excluding carboxylic acids is 4. The monoisotopic (exact) mass is 460 g/mol. The van der Waals surface area contributed by atoms with Crippen LogP contribution in [0.1, 0.15) is 48.0 Å². The molecule has 0 rings (SSSR count). The van der Waals surface area contributed by atoms with Crippen molar-refractivity contribution in [3.05, 3.63) is 0 Å². The zero-order chi connectivity index (χ0) is 25.2. The number of ether oxygens (including phenoxy) is 1. The van der Waals surface area contributed by atoms with E-state index in [0.29, 0.717) is 0 Å². The maximum Gasteiger partial charge on any atom is 0.408 e. The minimum Gasteiger partial charge on any atom is -0.481 e. The number of hydrogen-bond donors (Lipinski definition) is 6. The number of amides is 4. The predicted molar refractivity (Wildman–Crippen MR) is 110 cm³/mol. The Morgan fingerprint density at radius 3 is 1.88 bits per heavy atom. The summed E-state index contributed by atoms with van der Waals surface area (Å²) in [5.74, 6) is -5.66. The van der Waals surface area contributed by atoms with Gasteiger partial charge in [-0.2, -0.15) is 0 Å². The zero-order valence-electron chi connectivity index (χ0n) is 19.0. The predicted octanol–water partition coefficient (Wildman–Crippen LogP) is -0.799. The third-order valence-electron chi connectivity index (χ3n) is 3.80. The van der Waals surface area contributed by atoms with Crippen LogP contribution in [0.5, 0.6) is 0 Å². The number of nitrogens with one attached hydrogen (secondary N) is 4. The molecule has 6 N–H and O–H groups in total. The zero-order valence-corrected chi connectivity index (χ0v) is 19.0. The van der Waals surface area contributed by atoms with Crippen LogP contribution in [0, 0.1) is 5.92 Å². The quantitative estimate of drug-likeness (QED) is 0.228. The van der Waals surface area contributed by atoms with Gasteiger partial charge >= 0.3 is 18.0 Å². The summed E-state index contributed by atoms with van der Waals surface area (Å²) in [4.78, 5) is 70.2. The van der Waals surface area contributed by atoms with Gasteiger partial charge < -0.3 is 36.2 Å². The van der Waals surface area contributed by atoms with Crippen molar-refractivity contribution < 1.29 is 43.7 Å². The maximum absolute atomic E-state index is 12.5. The first-order chi connectivity index (χ1) is 14.5. The number of carboxylic acid groups (broad SMARTS) is 2. The lowest BCUT2D eigenvalue weighted by atomic mass is 10.0. The van der Waals surface area contributed by atoms with E-state index in [1.54, 1.807) is 34.6 Å². The Labute approximate surface area is 185 Å². The molecule has 0 aromatic rings. The molecule has 0 saturated carbocycles. The van der Waals surface area contributed by atoms with Crippen LogP contribution in [0.3, 0.4) is 0 Å². The third-order valence-corrected chi connectivity index (χ3v) is 3.80. The molecule has 182 valence electrons. The van der Waals surface area contributed by atoms with E-state index in [1.165, 1.54) is 6.92 Å². The fourth-order valence-electron chi connectivity index (χ4n) is 2.27. The van der Waals surface area contributed by atoms with Gasteiger partial charge in [-0.05, 0) is 33.6 Å². The second kappa shape index (κ2) is 12.5. The summed E-state index contributed by atoms with van der Waals surface area (Å²) >= 11 is 0. The highest BCUT2D eigenvalue weighted by molar-refractivity contribution is 5.94. The largest absolute Gasteiger partial charge is 0.481 e. The van der Waals surface area contributed by atoms with Gasteiger partial charge in [0.25, 0.3) is 0 Å². The molecule has 0 fully saturated rings. The first-order valence-electron chi connectivity index (χ1n) is 9.85. The Balaban J connectivity index is 4.89. The van der Waals surface area contributed by atoms with Crippen LogP contribution in [0.15, 0.2) is 0 Å². The summed E-state index contributed by atoms with van der Waals surface area (Å²) in [6, 6.07) is -3.94. The molecule has 3 atom stereocenters. The van der Waals surface area contributed by atoms with Crippen LogP contribution in [0.4, 0.5) is 4.79 Å². The Morgan fingerprint density at radius 2 is 1.44 bits per heavy atom. The van der Waals surface area contributed by atoms with Crippen molar-refractivity contribution in [1.82, 2.24) is 21.3 Å². The number of rotatable bonds is 11. The van der Waals surface area contributed by atoms with Gasteiger partial charge in [0.15, 0.2) is 0 Å². The molecule has 0 aromatic heterocycles. The highest BCUT2D eigenvalue weighted by Gasteiger charge is 2.29. The smallest absolute Gasteiger partial charge is 0.408 e. The van der Waals surface area contributed by atoms with Crippen molar-refractivity contribution in [1.29, 1.82) is 0 Å². The lowest BCUT2D eigenvalue weighted by molar-refractivity contribution is -0.147. The van der Waals surface area contributed by atoms with E-state index in [-0.39, 0.29) is 0 Å². The van der Waals surface area contributed by atoms with Gasteiger partial charge in [0, 0.05) is 0 Å². The summed E-state index contributed by atoms with van der Waals surface area (Å²) in [6.07, 6.45) is -1.64. The van der Waals surface area contributed by atoms with E-state index in [0.717, 1.165) is 0 Å². The van der Waals surface area contributed by atoms with Crippen molar-refractivity contribution in [3.8, 4) is 0 Å². The molecule has 0 aliphatic heterocycles. The Hall–Kier alpha value is -3.38. The van der Waals surface area contributed by atoms with Crippen molar-refractivity contribution >= 4 is 35.8 Å². The number of aliphatic carboxylic acids is 2. The maximum atomic E-state index is 12.5. The summed E-state index contributed by atoms with van der Waals surface area (Å²) in [5.41, 5.74) is -0.748. The molecule has 0 aliphatic carbocycles. The average Bonchev–Trinajstić information content (AvgIpc) is 2.61. The van der Waals surface area contributed by atoms with Crippen LogP contribution in [-0.4, -0.2) is 76.2 Å². The molecule has 0 bridgehead atoms. The normalized spacial score (nSPS) is 13.8. The van der Waals surface area contributed by atoms with Crippen LogP contribution in [-0.2, 0) is 28.7 Å². The van der Waals surface area contributed by atoms with E-state index in [4.69, 9.17) is 14.9 Å². The van der Waals surface area contributed by atoms with Crippen LogP contribution >= 0.6 is 0 Å². The Morgan fingerprint density at radius 1 is 0.875 bits per heavy atom. The van der Waals surface area contributed by atoms with E-state index in [2.05, 4.69) is 16.0 Å². The SMILES string of the molecule is CC(C)[C@H](NC(=O)CNC(=O)OC(C)(C)C)C(=O)N[C@@H](C)C(=O)N[C@@H](CC(=O)O)C(=O)O. The molecule has 32 heavy (non-hydrogen) atoms. The molecule has 13 heteroatoms. The minimum atomic E-state index is -1.67. The summed E-state index contributed by atoms with van der Waals surface area (Å²) in [6.45, 7) is 9.08. The molecule has 0 unspecified atom stereocenters. The molecule has 0 aromatic carbocycles. The van der Waals surface area contributed by atoms with Gasteiger partial charge in [0.05, 0.1) is 6.42 Å². The molecule has 13 nitrogen and oxygen atoms in total. The third kappa shape index (κ3) is 11.7. The lowest BCUT2D eigenvalue weighted by Crippen LogP contribution is -2.57. The second-order valence-electron chi connectivity index (χ2n) is 8.37. The summed E-state index contributed by atoms with van der Waals surface area (Å²) in [7, 11) is 0. The standard InChI is InChI=1S/C19H32N4O9/c1-9(2)14(23-12(24)8-20-18(31)32-19(4,5)6)16(28)21-10(3)15(27)22-11(17(29)30)7-13(25)26/h9-11,14H,7-8H2,1-6H3,(H,20,31)(H,21,28)(H,22,27)(H,23,24)(H,25,26)(H,29,30)/t10-,11-,14-/m0/s1. The number of carbonyl (C=O) groups is 6. The minimum absolute atomic E-state index is 0.394. The van der Waals surface area contributed by atoms with Crippen LogP contribution < -0.4 is 21.3 Å². The van der Waals surface area contributed by atoms with Gasteiger partial charge in [-0.3, -0.25) is 19.2 Å². The van der Waals surface area contributed by atoms with Gasteiger partial charge in [0.1, 0.15) is 30.3 Å². The molecule has 0 aliphatic rings. The average molecular weight is 460 g/mol. The molecule has 4 amide bonds. The molecule has 0 heterocycles. The lowest BCUT2D eigenvalue weighted by Gasteiger charge is -2.24. The fourth-order valence-corrected chi connectivity index (χ4v) is 2.27. The van der Waals surface area contributed by atoms with E-state index in [9.17, 15) is 28.8 Å². The number of alkyl carbamates (subject to hydrolysis) is 1. The highest BCUT2D eigenvalue weighted by Crippen LogP contribution is 2.06. The topological polar surface area (TPSA) is 200 Å². The van der Waals surface area contributed by atoms with E-state index < -0.39 is 78.4 Å². The number of hydrogen-bond acceptors (Lipinski definition) is 7. The molecular formula is C19H32N4O9. The van der Waals surface area contributed by atoms with Crippen LogP contribution in [0.2, 0.25) is 0 Å². The number of carboxylic acids is 2. The Kier molecular flexibility index (Phi) is 11.2. The molecule has 0 radical (unpaired) electrons. The molecule has 0 saturated heterocycles. The van der Waals surface area contributed by atoms with Crippen molar-refractivity contribution in [2.45, 2.75) is 71.7 Å². The Bertz CT molecular complexity index is 731. The summed E-state index contributed by atoms with van der Waals surface area (Å²) < 4.78 is 5.01. The second-order valence-corrected chi connectivity index (χ2v) is 8.37. The molecular weight excluding hydrogens is 428 g/mol. The van der Waals surface area contributed by atoms with Gasteiger partial charge in [-0.15, -0.1) is 0 Å². The van der Waals surface area contributed by atoms with Crippen molar-refractivity contribution in [3.63, 3.8) is 0 Å². The van der Waals surface area contributed by atoms with Crippen molar-refractivity contribution in [2.75, 3.05) is 6.54 Å². The fraction of sp³-hybridized carbons (Fsp3) is 0.684. The van der Waals surface area contributed by atoms with Gasteiger partial charge in [-0.25, -0.2) is 9.59 Å². The van der Waals surface area contributed by atoms with E-state index in [1.807, 2.05) is 5.32 Å². The van der Waals surface area contributed by atoms with Crippen molar-refractivity contribution in [2.24, 2.45) is 5.92 Å². The first-order valence-corrected chi connectivity index (χ1v) is 9.85.